The van der Waals surface area contributed by atoms with Gasteiger partial charge in [-0.15, -0.1) is 0 Å². The van der Waals surface area contributed by atoms with Crippen LogP contribution in [0.2, 0.25) is 0 Å². The normalized spacial score (nSPS) is 26.1. The number of hydrogen-bond acceptors (Lipinski definition) is 23. The molecule has 34 heteroatoms. The smallest absolute Gasteiger partial charge is 0.279 e. The second-order valence-corrected chi connectivity index (χ2v) is 25.8. The van der Waals surface area contributed by atoms with E-state index in [9.17, 15) is 93.6 Å². The topological polar surface area (TPSA) is 529 Å². The zero-order chi connectivity index (χ0) is 71.8. The highest BCUT2D eigenvalue weighted by atomic mass is 16.7. The van der Waals surface area contributed by atoms with Crippen molar-refractivity contribution in [2.24, 2.45) is 23.7 Å². The Labute approximate surface area is 550 Å². The van der Waals surface area contributed by atoms with Crippen LogP contribution in [0, 0.1) is 23.7 Å². The molecule has 536 valence electrons. The van der Waals surface area contributed by atoms with Crippen molar-refractivity contribution in [3.05, 3.63) is 29.8 Å². The minimum Gasteiger partial charge on any atom is -0.548 e. The second kappa shape index (κ2) is 36.2. The Morgan fingerprint density at radius 1 is 0.568 bits per heavy atom. The van der Waals surface area contributed by atoms with Crippen LogP contribution in [0.1, 0.15) is 108 Å². The molecule has 0 radical (unpaired) electrons. The average Bonchev–Trinajstić information content (AvgIpc) is 1.12. The maximum absolute atomic E-state index is 14.9. The standard InChI is InChI=1S/C61H99N11O23/c1-24(2)39(54(85)65-30(11)59(90)91)68-56(87)41(26(5)6)69-55(86)40(25(3)4)67-51(82)29(10)63-50(81)28(9)64-53(84)36-15-14-20-72(36)58(89)42(27(7)8)70-57(88)43(71-52(83)35(62)21-33-16-18-34(76)19-17-33)31(12)92-60-44(66-32(13)75)49(46(78)38(23-74)93-60)95-61-48(80)47(79)45(77)37(22-73)94-61/h16-19,24-31,35-49,60-61,73-74,76-80H,14-15,20-23,62H2,1-13H3,(H,63,81)(H,64,84)(H,65,85)(H,66,75)(H,67,82)(H,68,87)(H,69,86)(H,70,88)(H,71,83)(H,90,91)/t28-,29-,30-,31+,35-,36-,37+,38+,39-,40-,41-,42-,43-,44+,45-,46-,47-,48+,49+,60-,61-/m0/s1. The van der Waals surface area contributed by atoms with Crippen LogP contribution in [-0.2, 0) is 78.1 Å². The molecule has 0 saturated carbocycles. The predicted molar refractivity (Wildman–Crippen MR) is 329 cm³/mol. The number of benzene rings is 1. The SMILES string of the molecule is CC(=O)N[C@H]1[C@@H](O[C@H](C)[C@H](NC(=O)[C@@H]([NH3+])Cc2ccc(O)cc2)C(=O)N[C@H](C(=O)N2CCC[C@H]2C(=O)N[C@@H](C)C(=O)N[C@@H](C)C(=O)N[C@H](C(=O)N[C@H](C(=O)N[C@H](C(=O)N[C@@H](C)C(=O)[O-])C(C)C)C(C)C)C(C)C)C(C)C)O[C@H](CO)[C@H](O)[C@@H]1O[C@@H]1O[C@H](CO)[C@H](O)[C@H](O)[C@H]1O. The number of nitrogens with zero attached hydrogens (tertiary/aromatic N) is 1. The number of hydrogen-bond donors (Lipinski definition) is 17. The molecule has 0 spiro atoms. The zero-order valence-electron chi connectivity index (χ0n) is 55.8. The van der Waals surface area contributed by atoms with Gasteiger partial charge in [-0.1, -0.05) is 67.5 Å². The summed E-state index contributed by atoms with van der Waals surface area (Å²) in [6.07, 6.45) is -17.2. The summed E-state index contributed by atoms with van der Waals surface area (Å²) in [4.78, 5) is 151. The van der Waals surface area contributed by atoms with Crippen LogP contribution in [0.4, 0.5) is 0 Å². The van der Waals surface area contributed by atoms with E-state index in [1.165, 1.54) is 44.7 Å². The number of carbonyl (C=O) groups is 11. The number of carboxylic acids is 1. The van der Waals surface area contributed by atoms with Gasteiger partial charge in [-0.25, -0.2) is 0 Å². The molecule has 3 aliphatic heterocycles. The first-order valence-electron chi connectivity index (χ1n) is 31.7. The van der Waals surface area contributed by atoms with Crippen molar-refractivity contribution >= 4 is 65.0 Å². The lowest BCUT2D eigenvalue weighted by Gasteiger charge is -2.48. The molecule has 95 heavy (non-hydrogen) atoms. The zero-order valence-corrected chi connectivity index (χ0v) is 55.8. The van der Waals surface area contributed by atoms with E-state index in [4.69, 9.17) is 18.9 Å². The van der Waals surface area contributed by atoms with E-state index in [2.05, 4.69) is 53.6 Å². The number of carbonyl (C=O) groups excluding carboxylic acids is 11. The molecule has 3 aliphatic rings. The molecule has 0 bridgehead atoms. The quantitative estimate of drug-likeness (QED) is 0.0319. The number of aliphatic hydroxyl groups excluding tert-OH is 6. The third-order valence-electron chi connectivity index (χ3n) is 16.6. The van der Waals surface area contributed by atoms with E-state index >= 15 is 0 Å². The number of amides is 10. The number of carboxylic acid groups (broad SMARTS) is 1. The van der Waals surface area contributed by atoms with Gasteiger partial charge in [0, 0.05) is 19.9 Å². The molecule has 1 aromatic rings. The number of aliphatic hydroxyl groups is 6. The fourth-order valence-electron chi connectivity index (χ4n) is 10.8. The van der Waals surface area contributed by atoms with Crippen molar-refractivity contribution in [1.82, 2.24) is 52.8 Å². The predicted octanol–water partition coefficient (Wildman–Crippen LogP) is -7.98. The minimum atomic E-state index is -2.00. The number of quaternary nitrogens is 1. The Morgan fingerprint density at radius 2 is 1.01 bits per heavy atom. The fourth-order valence-corrected chi connectivity index (χ4v) is 10.8. The number of likely N-dealkylation sites (tertiary alicyclic amines) is 1. The fraction of sp³-hybridized carbons (Fsp3) is 0.721. The van der Waals surface area contributed by atoms with Crippen molar-refractivity contribution in [2.45, 2.75) is 237 Å². The molecular weight excluding hydrogens is 1250 g/mol. The van der Waals surface area contributed by atoms with Crippen molar-refractivity contribution in [3.8, 4) is 5.75 Å². The highest BCUT2D eigenvalue weighted by molar-refractivity contribution is 5.98. The molecule has 0 unspecified atom stereocenters. The molecule has 1 aromatic carbocycles. The van der Waals surface area contributed by atoms with Gasteiger partial charge in [0.1, 0.15) is 103 Å². The lowest BCUT2D eigenvalue weighted by Crippen LogP contribution is -2.71. The number of phenols is 1. The van der Waals surface area contributed by atoms with Gasteiger partial charge in [0.25, 0.3) is 5.91 Å². The van der Waals surface area contributed by atoms with Gasteiger partial charge < -0.3 is 123 Å². The van der Waals surface area contributed by atoms with Gasteiger partial charge in [-0.05, 0) is 81.9 Å². The monoisotopic (exact) mass is 1350 g/mol. The summed E-state index contributed by atoms with van der Waals surface area (Å²) >= 11 is 0. The van der Waals surface area contributed by atoms with Gasteiger partial charge in [0.15, 0.2) is 18.6 Å². The number of ether oxygens (including phenoxy) is 4. The summed E-state index contributed by atoms with van der Waals surface area (Å²) in [7, 11) is 0. The van der Waals surface area contributed by atoms with E-state index in [1.54, 1.807) is 67.5 Å². The molecule has 10 amide bonds. The van der Waals surface area contributed by atoms with Crippen molar-refractivity contribution < 1.29 is 118 Å². The summed E-state index contributed by atoms with van der Waals surface area (Å²) in [5.74, 6) is -12.1. The molecule has 3 saturated heterocycles. The molecule has 3 heterocycles. The van der Waals surface area contributed by atoms with Crippen molar-refractivity contribution in [1.29, 1.82) is 0 Å². The molecule has 21 atom stereocenters. The first-order valence-corrected chi connectivity index (χ1v) is 31.7. The van der Waals surface area contributed by atoms with E-state index < -0.39 is 230 Å². The largest absolute Gasteiger partial charge is 0.548 e. The molecule has 34 nitrogen and oxygen atoms in total. The Morgan fingerprint density at radius 3 is 1.52 bits per heavy atom. The Hall–Kier alpha value is -7.25. The average molecular weight is 1350 g/mol. The van der Waals surface area contributed by atoms with Crippen LogP contribution in [-0.4, -0.2) is 253 Å². The van der Waals surface area contributed by atoms with Gasteiger partial charge in [0.2, 0.25) is 53.2 Å². The molecular formula is C61H99N11O23. The van der Waals surface area contributed by atoms with E-state index in [0.29, 0.717) is 12.0 Å². The molecule has 3 fully saturated rings. The summed E-state index contributed by atoms with van der Waals surface area (Å²) in [5.41, 5.74) is 4.53. The first-order chi connectivity index (χ1) is 44.3. The number of aromatic hydroxyl groups is 1. The maximum Gasteiger partial charge on any atom is 0.279 e. The van der Waals surface area contributed by atoms with Crippen LogP contribution in [0.3, 0.4) is 0 Å². The summed E-state index contributed by atoms with van der Waals surface area (Å²) in [6, 6.07) is -8.95. The summed E-state index contributed by atoms with van der Waals surface area (Å²) in [6.45, 7) is 17.4. The molecule has 4 rings (SSSR count). The summed E-state index contributed by atoms with van der Waals surface area (Å²) in [5, 5.41) is 108. The third-order valence-corrected chi connectivity index (χ3v) is 16.6. The minimum absolute atomic E-state index is 0.00718. The Balaban J connectivity index is 1.52. The number of phenolic OH excluding ortho intramolecular Hbond substituents is 1. The van der Waals surface area contributed by atoms with Crippen LogP contribution < -0.4 is 58.7 Å². The van der Waals surface area contributed by atoms with Crippen LogP contribution in [0.25, 0.3) is 0 Å². The van der Waals surface area contributed by atoms with Crippen molar-refractivity contribution in [2.75, 3.05) is 19.8 Å². The van der Waals surface area contributed by atoms with Crippen LogP contribution >= 0.6 is 0 Å². The maximum atomic E-state index is 14.9. The molecule has 0 aromatic heterocycles. The highest BCUT2D eigenvalue weighted by Crippen LogP contribution is 2.31. The van der Waals surface area contributed by atoms with Crippen LogP contribution in [0.15, 0.2) is 24.3 Å². The van der Waals surface area contributed by atoms with E-state index in [1.807, 2.05) is 0 Å². The first kappa shape index (κ1) is 80.2. The van der Waals surface area contributed by atoms with Gasteiger partial charge in [-0.3, -0.25) is 47.9 Å². The number of rotatable bonds is 32. The van der Waals surface area contributed by atoms with Gasteiger partial charge in [-0.2, -0.15) is 0 Å². The third kappa shape index (κ3) is 21.9. The summed E-state index contributed by atoms with van der Waals surface area (Å²) < 4.78 is 23.7. The lowest BCUT2D eigenvalue weighted by molar-refractivity contribution is -0.403. The Bertz CT molecular complexity index is 2820. The van der Waals surface area contributed by atoms with Crippen LogP contribution in [0.5, 0.6) is 5.75 Å². The van der Waals surface area contributed by atoms with E-state index in [-0.39, 0.29) is 25.1 Å². The Kier molecular flexibility index (Phi) is 30.6. The molecule has 0 aliphatic carbocycles. The van der Waals surface area contributed by atoms with E-state index in [0.717, 1.165) is 6.92 Å². The van der Waals surface area contributed by atoms with Gasteiger partial charge >= 0.3 is 0 Å². The second-order valence-electron chi connectivity index (χ2n) is 25.8. The lowest BCUT2D eigenvalue weighted by atomic mass is 9.95. The number of nitrogens with one attached hydrogen (secondary N) is 9. The number of aliphatic carboxylic acids is 1. The molecule has 19 N–H and O–H groups in total. The highest BCUT2D eigenvalue weighted by Gasteiger charge is 2.53. The van der Waals surface area contributed by atoms with Gasteiger partial charge in [0.05, 0.1) is 31.3 Å². The van der Waals surface area contributed by atoms with Crippen molar-refractivity contribution in [3.63, 3.8) is 0 Å².